The summed E-state index contributed by atoms with van der Waals surface area (Å²) in [6, 6.07) is 6.41. The van der Waals surface area contributed by atoms with Crippen molar-refractivity contribution in [2.24, 2.45) is 0 Å². The third-order valence-electron chi connectivity index (χ3n) is 2.30. The highest BCUT2D eigenvalue weighted by Crippen LogP contribution is 2.24. The van der Waals surface area contributed by atoms with Crippen LogP contribution in [0.2, 0.25) is 0 Å². The molecule has 0 bridgehead atoms. The monoisotopic (exact) mass is 302 g/mol. The van der Waals surface area contributed by atoms with Gasteiger partial charge in [0.15, 0.2) is 0 Å². The van der Waals surface area contributed by atoms with Crippen LogP contribution in [0.25, 0.3) is 6.08 Å². The van der Waals surface area contributed by atoms with Crippen molar-refractivity contribution in [1.82, 2.24) is 0 Å². The fourth-order valence-corrected chi connectivity index (χ4v) is 2.30. The van der Waals surface area contributed by atoms with Gasteiger partial charge in [-0.3, -0.25) is 0 Å². The maximum absolute atomic E-state index is 4.34. The molecule has 1 aromatic carbocycles. The van der Waals surface area contributed by atoms with Crippen LogP contribution in [-0.2, 0) is 6.42 Å². The molecule has 0 saturated carbocycles. The molecule has 2 rings (SSSR count). The van der Waals surface area contributed by atoms with E-state index in [4.69, 9.17) is 0 Å². The van der Waals surface area contributed by atoms with Crippen LogP contribution in [0.4, 0.5) is 0 Å². The fourth-order valence-electron chi connectivity index (χ4n) is 1.56. The van der Waals surface area contributed by atoms with Gasteiger partial charge in [-0.15, -0.1) is 12.6 Å². The van der Waals surface area contributed by atoms with Crippen LogP contribution in [-0.4, -0.2) is 3.92 Å². The second-order valence-electron chi connectivity index (χ2n) is 3.30. The van der Waals surface area contributed by atoms with Crippen molar-refractivity contribution in [2.75, 3.05) is 0 Å². The largest absolute Gasteiger partial charge is 0.143 e. The van der Waals surface area contributed by atoms with Crippen molar-refractivity contribution in [1.29, 1.82) is 0 Å². The van der Waals surface area contributed by atoms with Crippen LogP contribution in [0, 0.1) is 0 Å². The van der Waals surface area contributed by atoms with E-state index in [1.165, 1.54) is 24.0 Å². The highest BCUT2D eigenvalue weighted by atomic mass is 127. The molecule has 0 aromatic heterocycles. The van der Waals surface area contributed by atoms with Crippen molar-refractivity contribution in [2.45, 2.75) is 21.7 Å². The average molecular weight is 302 g/mol. The van der Waals surface area contributed by atoms with Crippen molar-refractivity contribution < 1.29 is 0 Å². The van der Waals surface area contributed by atoms with Gasteiger partial charge in [0.05, 0.1) is 0 Å². The molecule has 0 nitrogen and oxygen atoms in total. The molecule has 1 aromatic rings. The molecule has 0 heterocycles. The molecule has 0 amide bonds. The summed E-state index contributed by atoms with van der Waals surface area (Å²) in [5.41, 5.74) is 2.79. The van der Waals surface area contributed by atoms with Gasteiger partial charge in [-0.25, -0.2) is 0 Å². The summed E-state index contributed by atoms with van der Waals surface area (Å²) in [5, 5.41) is 0. The van der Waals surface area contributed by atoms with Gasteiger partial charge < -0.3 is 0 Å². The first-order chi connectivity index (χ1) is 6.25. The van der Waals surface area contributed by atoms with E-state index in [0.717, 1.165) is 4.90 Å². The van der Waals surface area contributed by atoms with Crippen LogP contribution in [0.5, 0.6) is 0 Å². The summed E-state index contributed by atoms with van der Waals surface area (Å²) in [4.78, 5) is 1.05. The predicted octanol–water partition coefficient (Wildman–Crippen LogP) is 3.74. The molecule has 0 N–H and O–H groups in total. The smallest absolute Gasteiger partial charge is 0.0295 e. The zero-order valence-corrected chi connectivity index (χ0v) is 10.3. The summed E-state index contributed by atoms with van der Waals surface area (Å²) in [5.74, 6) is 0. The molecular formula is C11H11IS. The van der Waals surface area contributed by atoms with E-state index in [2.05, 4.69) is 65.6 Å². The molecule has 1 unspecified atom stereocenters. The number of rotatable bonds is 0. The number of fused-ring (bicyclic) bond motifs is 1. The van der Waals surface area contributed by atoms with Crippen LogP contribution < -0.4 is 0 Å². The molecule has 1 atom stereocenters. The number of aryl methyl sites for hydroxylation is 1. The minimum atomic E-state index is 0.674. The summed E-state index contributed by atoms with van der Waals surface area (Å²) < 4.78 is 0.674. The molecule has 0 saturated heterocycles. The highest BCUT2D eigenvalue weighted by Gasteiger charge is 2.08. The number of hydrogen-bond acceptors (Lipinski definition) is 1. The number of thiol groups is 1. The number of benzene rings is 1. The Hall–Kier alpha value is 0.0400. The number of hydrogen-bond donors (Lipinski definition) is 1. The number of allylic oxidation sites excluding steroid dienone is 1. The lowest BCUT2D eigenvalue weighted by atomic mass is 10.0. The third-order valence-corrected chi connectivity index (χ3v) is 3.62. The Morgan fingerprint density at radius 1 is 1.38 bits per heavy atom. The first-order valence-electron chi connectivity index (χ1n) is 4.40. The first kappa shape index (κ1) is 9.59. The molecule has 13 heavy (non-hydrogen) atoms. The Morgan fingerprint density at radius 2 is 2.23 bits per heavy atom. The lowest BCUT2D eigenvalue weighted by Crippen LogP contribution is -1.93. The van der Waals surface area contributed by atoms with E-state index >= 15 is 0 Å². The first-order valence-corrected chi connectivity index (χ1v) is 6.09. The van der Waals surface area contributed by atoms with Gasteiger partial charge >= 0.3 is 0 Å². The Balaban J connectivity index is 2.42. The van der Waals surface area contributed by atoms with Gasteiger partial charge in [0.25, 0.3) is 0 Å². The highest BCUT2D eigenvalue weighted by molar-refractivity contribution is 14.1. The van der Waals surface area contributed by atoms with Crippen molar-refractivity contribution in [3.63, 3.8) is 0 Å². The topological polar surface area (TPSA) is 0 Å². The third kappa shape index (κ3) is 2.29. The molecule has 2 heteroatoms. The number of halogens is 1. The molecular weight excluding hydrogens is 291 g/mol. The standard InChI is InChI=1S/C11H11IS/c12-10-4-1-8-3-6-11(13)7-9(8)2-5-10/h2-3,5-7,10,13H,1,4H2. The van der Waals surface area contributed by atoms with Crippen LogP contribution in [0.15, 0.2) is 29.2 Å². The lowest BCUT2D eigenvalue weighted by Gasteiger charge is -2.04. The number of alkyl halides is 1. The summed E-state index contributed by atoms with van der Waals surface area (Å²) >= 11 is 6.82. The Morgan fingerprint density at radius 3 is 3.08 bits per heavy atom. The molecule has 68 valence electrons. The summed E-state index contributed by atoms with van der Waals surface area (Å²) in [6.45, 7) is 0. The van der Waals surface area contributed by atoms with E-state index in [-0.39, 0.29) is 0 Å². The minimum absolute atomic E-state index is 0.674. The molecule has 0 aliphatic heterocycles. The van der Waals surface area contributed by atoms with Crippen LogP contribution >= 0.6 is 35.2 Å². The van der Waals surface area contributed by atoms with Crippen LogP contribution in [0.1, 0.15) is 17.5 Å². The van der Waals surface area contributed by atoms with E-state index in [9.17, 15) is 0 Å². The SMILES string of the molecule is Sc1ccc2c(c1)C=CC(I)CC2. The maximum atomic E-state index is 4.34. The molecule has 1 aliphatic rings. The Kier molecular flexibility index (Phi) is 2.99. The van der Waals surface area contributed by atoms with Gasteiger partial charge in [0.2, 0.25) is 0 Å². The van der Waals surface area contributed by atoms with Crippen molar-refractivity contribution >= 4 is 41.3 Å². The quantitative estimate of drug-likeness (QED) is 0.421. The summed E-state index contributed by atoms with van der Waals surface area (Å²) in [7, 11) is 0. The van der Waals surface area contributed by atoms with Gasteiger partial charge in [-0.05, 0) is 36.1 Å². The second kappa shape index (κ2) is 4.05. The second-order valence-corrected chi connectivity index (χ2v) is 5.41. The normalized spacial score (nSPS) is 20.9. The molecule has 1 aliphatic carbocycles. The minimum Gasteiger partial charge on any atom is -0.143 e. The Bertz CT molecular complexity index is 344. The van der Waals surface area contributed by atoms with Gasteiger partial charge in [0.1, 0.15) is 0 Å². The van der Waals surface area contributed by atoms with Crippen molar-refractivity contribution in [3.8, 4) is 0 Å². The van der Waals surface area contributed by atoms with Gasteiger partial charge in [-0.2, -0.15) is 0 Å². The lowest BCUT2D eigenvalue weighted by molar-refractivity contribution is 0.883. The molecule has 0 spiro atoms. The Labute approximate surface area is 98.0 Å². The fraction of sp³-hybridized carbons (Fsp3) is 0.273. The van der Waals surface area contributed by atoms with Crippen molar-refractivity contribution in [3.05, 3.63) is 35.4 Å². The summed E-state index contributed by atoms with van der Waals surface area (Å²) in [6.07, 6.45) is 6.93. The molecule has 0 fully saturated rings. The van der Waals surface area contributed by atoms with E-state index < -0.39 is 0 Å². The van der Waals surface area contributed by atoms with Crippen LogP contribution in [0.3, 0.4) is 0 Å². The maximum Gasteiger partial charge on any atom is 0.0295 e. The zero-order valence-electron chi connectivity index (χ0n) is 7.20. The predicted molar refractivity (Wildman–Crippen MR) is 68.9 cm³/mol. The van der Waals surface area contributed by atoms with Gasteiger partial charge in [0, 0.05) is 8.82 Å². The van der Waals surface area contributed by atoms with Gasteiger partial charge in [-0.1, -0.05) is 40.8 Å². The molecule has 0 radical (unpaired) electrons. The van der Waals surface area contributed by atoms with E-state index in [1.54, 1.807) is 0 Å². The van der Waals surface area contributed by atoms with E-state index in [0.29, 0.717) is 3.92 Å². The van der Waals surface area contributed by atoms with E-state index in [1.807, 2.05) is 0 Å². The average Bonchev–Trinajstić information content (AvgIpc) is 2.29. The zero-order chi connectivity index (χ0) is 9.26.